The van der Waals surface area contributed by atoms with Crippen LogP contribution in [-0.2, 0) is 0 Å². The Labute approximate surface area is 132 Å². The van der Waals surface area contributed by atoms with Crippen LogP contribution in [-0.4, -0.2) is 20.4 Å². The Morgan fingerprint density at radius 2 is 1.00 bits per heavy atom. The van der Waals surface area contributed by atoms with E-state index >= 15 is 0 Å². The first kappa shape index (κ1) is 15.4. The monoisotopic (exact) mass is 330 g/mol. The summed E-state index contributed by atoms with van der Waals surface area (Å²) in [6.45, 7) is 0. The van der Waals surface area contributed by atoms with Crippen molar-refractivity contribution < 1.29 is 17.6 Å². The third kappa shape index (κ3) is 2.85. The number of nitrogens with zero attached hydrogens (tertiary/aromatic N) is 2. The predicted octanol–water partition coefficient (Wildman–Crippen LogP) is 2.49. The molecule has 0 amide bonds. The van der Waals surface area contributed by atoms with Crippen LogP contribution in [0.15, 0.2) is 24.8 Å². The summed E-state index contributed by atoms with van der Waals surface area (Å²) in [6, 6.07) is 0. The number of hydrogen-bond acceptors (Lipinski definition) is 2. The van der Waals surface area contributed by atoms with Crippen LogP contribution in [0.2, 0.25) is 0 Å². The van der Waals surface area contributed by atoms with Gasteiger partial charge in [-0.05, 0) is 0 Å². The van der Waals surface area contributed by atoms with Gasteiger partial charge >= 0.3 is 0 Å². The fourth-order valence-corrected chi connectivity index (χ4v) is 1.76. The molecular weight excluding hydrogens is 324 g/mol. The smallest absolute Gasteiger partial charge is 0.178 e. The summed E-state index contributed by atoms with van der Waals surface area (Å²) >= 11 is 0. The third-order valence-corrected chi connectivity index (χ3v) is 2.92. The van der Waals surface area contributed by atoms with Crippen molar-refractivity contribution in [3.8, 4) is 23.7 Å². The van der Waals surface area contributed by atoms with Gasteiger partial charge in [-0.3, -0.25) is 10.2 Å². The summed E-state index contributed by atoms with van der Waals surface area (Å²) in [4.78, 5) is 0. The van der Waals surface area contributed by atoms with Gasteiger partial charge in [0.1, 0.15) is 11.1 Å². The van der Waals surface area contributed by atoms with Crippen molar-refractivity contribution in [3.63, 3.8) is 0 Å². The molecule has 0 radical (unpaired) electrons. The predicted molar refractivity (Wildman–Crippen MR) is 75.4 cm³/mol. The summed E-state index contributed by atoms with van der Waals surface area (Å²) in [7, 11) is 0. The molecule has 118 valence electrons. The van der Waals surface area contributed by atoms with Gasteiger partial charge in [-0.2, -0.15) is 10.2 Å². The lowest BCUT2D eigenvalue weighted by Gasteiger charge is -2.04. The fourth-order valence-electron chi connectivity index (χ4n) is 1.76. The molecule has 8 heteroatoms. The molecule has 3 rings (SSSR count). The zero-order valence-corrected chi connectivity index (χ0v) is 11.7. The van der Waals surface area contributed by atoms with E-state index in [0.717, 1.165) is 0 Å². The van der Waals surface area contributed by atoms with Gasteiger partial charge in [0.15, 0.2) is 23.3 Å². The van der Waals surface area contributed by atoms with Crippen LogP contribution < -0.4 is 0 Å². The molecule has 0 aliphatic heterocycles. The van der Waals surface area contributed by atoms with Gasteiger partial charge in [-0.1, -0.05) is 23.7 Å². The minimum absolute atomic E-state index is 0.304. The van der Waals surface area contributed by atoms with Gasteiger partial charge < -0.3 is 0 Å². The Balaban J connectivity index is 2.08. The first-order valence-corrected chi connectivity index (χ1v) is 6.45. The number of rotatable bonds is 0. The van der Waals surface area contributed by atoms with Crippen LogP contribution in [0.4, 0.5) is 17.6 Å². The molecule has 0 aliphatic carbocycles. The molecule has 0 atom stereocenters. The molecule has 4 nitrogen and oxygen atoms in total. The van der Waals surface area contributed by atoms with Crippen molar-refractivity contribution in [1.29, 1.82) is 0 Å². The summed E-state index contributed by atoms with van der Waals surface area (Å²) in [6.07, 6.45) is 5.31. The molecule has 0 fully saturated rings. The van der Waals surface area contributed by atoms with Crippen molar-refractivity contribution >= 4 is 0 Å². The highest BCUT2D eigenvalue weighted by Gasteiger charge is 2.23. The van der Waals surface area contributed by atoms with E-state index in [1.54, 1.807) is 0 Å². The number of aromatic nitrogens is 4. The van der Waals surface area contributed by atoms with Gasteiger partial charge in [0.25, 0.3) is 0 Å². The Kier molecular flexibility index (Phi) is 4.04. The second-order valence-corrected chi connectivity index (χ2v) is 4.48. The SMILES string of the molecule is Fc1c(F)c(C#Cc2cn[nH]c2)c(F)c(F)c1C#Cc1cn[nH]c1. The molecule has 1 aromatic carbocycles. The Morgan fingerprint density at radius 1 is 0.625 bits per heavy atom. The van der Waals surface area contributed by atoms with E-state index in [2.05, 4.69) is 44.1 Å². The van der Waals surface area contributed by atoms with Crippen molar-refractivity contribution in [1.82, 2.24) is 20.4 Å². The van der Waals surface area contributed by atoms with Crippen molar-refractivity contribution in [2.75, 3.05) is 0 Å². The zero-order valence-electron chi connectivity index (χ0n) is 11.7. The molecule has 24 heavy (non-hydrogen) atoms. The summed E-state index contributed by atoms with van der Waals surface area (Å²) in [5, 5.41) is 12.1. The second kappa shape index (κ2) is 6.31. The maximum absolute atomic E-state index is 14.0. The van der Waals surface area contributed by atoms with Crippen LogP contribution in [0.25, 0.3) is 0 Å². The summed E-state index contributed by atoms with van der Waals surface area (Å²) in [5.41, 5.74) is -1.42. The van der Waals surface area contributed by atoms with Crippen LogP contribution in [0.3, 0.4) is 0 Å². The average molecular weight is 330 g/mol. The van der Waals surface area contributed by atoms with E-state index in [-0.39, 0.29) is 0 Å². The normalized spacial score (nSPS) is 9.83. The van der Waals surface area contributed by atoms with E-state index in [4.69, 9.17) is 0 Å². The summed E-state index contributed by atoms with van der Waals surface area (Å²) in [5.74, 6) is 2.37. The number of nitrogens with one attached hydrogen (secondary N) is 2. The van der Waals surface area contributed by atoms with E-state index in [1.165, 1.54) is 24.8 Å². The molecule has 0 saturated carbocycles. The molecule has 3 aromatic rings. The third-order valence-electron chi connectivity index (χ3n) is 2.92. The van der Waals surface area contributed by atoms with Crippen LogP contribution in [0, 0.1) is 47.0 Å². The highest BCUT2D eigenvalue weighted by atomic mass is 19.2. The number of hydrogen-bond donors (Lipinski definition) is 2. The van der Waals surface area contributed by atoms with Gasteiger partial charge in [-0.15, -0.1) is 0 Å². The van der Waals surface area contributed by atoms with E-state index in [9.17, 15) is 17.6 Å². The molecule has 2 heterocycles. The van der Waals surface area contributed by atoms with E-state index in [0.29, 0.717) is 11.1 Å². The largest absolute Gasteiger partial charge is 0.284 e. The number of aromatic amines is 2. The van der Waals surface area contributed by atoms with Gasteiger partial charge in [0, 0.05) is 12.4 Å². The first-order valence-electron chi connectivity index (χ1n) is 6.45. The lowest BCUT2D eigenvalue weighted by Crippen LogP contribution is -2.04. The van der Waals surface area contributed by atoms with Crippen LogP contribution in [0.5, 0.6) is 0 Å². The standard InChI is InChI=1S/C16H6F4N4/c17-13-11(3-1-9-5-21-22-6-9)14(18)16(20)12(15(13)19)4-2-10-7-23-24-8-10/h5-8H,(H,21,22)(H,23,24). The minimum Gasteiger partial charge on any atom is -0.284 e. The Hall–Kier alpha value is -3.52. The summed E-state index contributed by atoms with van der Waals surface area (Å²) < 4.78 is 56.0. The molecule has 2 aromatic heterocycles. The molecular formula is C16H6F4N4. The molecule has 0 unspecified atom stereocenters. The molecule has 0 spiro atoms. The molecule has 2 N–H and O–H groups in total. The van der Waals surface area contributed by atoms with Gasteiger partial charge in [0.2, 0.25) is 0 Å². The number of benzene rings is 1. The van der Waals surface area contributed by atoms with Gasteiger partial charge in [-0.25, -0.2) is 17.6 Å². The van der Waals surface area contributed by atoms with Crippen molar-refractivity contribution in [2.24, 2.45) is 0 Å². The van der Waals surface area contributed by atoms with E-state index in [1.807, 2.05) is 0 Å². The van der Waals surface area contributed by atoms with Crippen LogP contribution >= 0.6 is 0 Å². The highest BCUT2D eigenvalue weighted by molar-refractivity contribution is 5.50. The quantitative estimate of drug-likeness (QED) is 0.378. The van der Waals surface area contributed by atoms with Crippen molar-refractivity contribution in [3.05, 3.63) is 70.3 Å². The Bertz CT molecular complexity index is 888. The zero-order chi connectivity index (χ0) is 17.1. The molecule has 0 bridgehead atoms. The first-order chi connectivity index (χ1) is 11.6. The van der Waals surface area contributed by atoms with Crippen LogP contribution in [0.1, 0.15) is 22.3 Å². The van der Waals surface area contributed by atoms with E-state index < -0.39 is 34.4 Å². The van der Waals surface area contributed by atoms with Crippen molar-refractivity contribution in [2.45, 2.75) is 0 Å². The molecule has 0 saturated heterocycles. The Morgan fingerprint density at radius 3 is 1.29 bits per heavy atom. The van der Waals surface area contributed by atoms with Gasteiger partial charge in [0.05, 0.1) is 23.5 Å². The average Bonchev–Trinajstić information content (AvgIpc) is 3.26. The molecule has 0 aliphatic rings. The fraction of sp³-hybridized carbons (Fsp3) is 0. The number of H-pyrrole nitrogens is 2. The highest BCUT2D eigenvalue weighted by Crippen LogP contribution is 2.23. The second-order valence-electron chi connectivity index (χ2n) is 4.48. The maximum Gasteiger partial charge on any atom is 0.178 e. The topological polar surface area (TPSA) is 57.4 Å². The lowest BCUT2D eigenvalue weighted by atomic mass is 10.1. The maximum atomic E-state index is 14.0. The lowest BCUT2D eigenvalue weighted by molar-refractivity contribution is 0.447. The minimum atomic E-state index is -1.61. The number of halogens is 4.